The minimum absolute atomic E-state index is 0.0472. The van der Waals surface area contributed by atoms with Gasteiger partial charge in [0.05, 0.1) is 13.1 Å². The zero-order chi connectivity index (χ0) is 21.1. The summed E-state index contributed by atoms with van der Waals surface area (Å²) in [6.45, 7) is 7.60. The first-order chi connectivity index (χ1) is 14.5. The molecule has 2 aromatic heterocycles. The number of pyridine rings is 1. The monoisotopic (exact) mass is 427 g/mol. The Labute approximate surface area is 181 Å². The van der Waals surface area contributed by atoms with Gasteiger partial charge in [0.2, 0.25) is 0 Å². The first-order valence-electron chi connectivity index (χ1n) is 10.6. The molecule has 2 aliphatic heterocycles. The summed E-state index contributed by atoms with van der Waals surface area (Å²) in [5.74, 6) is 0.427. The van der Waals surface area contributed by atoms with Gasteiger partial charge in [0.15, 0.2) is 0 Å². The second-order valence-corrected chi connectivity index (χ2v) is 9.58. The summed E-state index contributed by atoms with van der Waals surface area (Å²) < 4.78 is 0. The molecule has 0 aromatic carbocycles. The Bertz CT molecular complexity index is 863. The number of piperidine rings is 1. The minimum Gasteiger partial charge on any atom is -0.309 e. The number of carbonyl (C=O) groups is 2. The molecule has 2 aliphatic rings. The molecule has 0 saturated carbocycles. The summed E-state index contributed by atoms with van der Waals surface area (Å²) in [5, 5.41) is 3.08. The maximum absolute atomic E-state index is 13.6. The molecule has 0 radical (unpaired) electrons. The van der Waals surface area contributed by atoms with Crippen molar-refractivity contribution in [3.63, 3.8) is 0 Å². The van der Waals surface area contributed by atoms with Crippen LogP contribution in [0.25, 0.3) is 0 Å². The van der Waals surface area contributed by atoms with Crippen molar-refractivity contribution in [1.29, 1.82) is 0 Å². The number of likely N-dealkylation sites (tertiary alicyclic amines) is 1. The van der Waals surface area contributed by atoms with Crippen molar-refractivity contribution >= 4 is 23.3 Å². The Hall–Kier alpha value is -2.32. The zero-order valence-electron chi connectivity index (χ0n) is 17.7. The number of rotatable bonds is 7. The molecule has 160 valence electrons. The van der Waals surface area contributed by atoms with Crippen molar-refractivity contribution in [3.8, 4) is 0 Å². The SMILES string of the molecule is CC(C)CCN1C(=O)N(Cc2cccnc2)C(=O)C12CCN(Cc1nccs1)CC2. The van der Waals surface area contributed by atoms with Crippen LogP contribution < -0.4 is 0 Å². The molecular formula is C22H29N5O2S. The highest BCUT2D eigenvalue weighted by atomic mass is 32.1. The molecule has 4 rings (SSSR count). The van der Waals surface area contributed by atoms with E-state index in [4.69, 9.17) is 0 Å². The van der Waals surface area contributed by atoms with E-state index in [1.807, 2.05) is 28.6 Å². The Morgan fingerprint density at radius 1 is 1.17 bits per heavy atom. The van der Waals surface area contributed by atoms with E-state index in [9.17, 15) is 9.59 Å². The number of thiazole rings is 1. The quantitative estimate of drug-likeness (QED) is 0.634. The predicted octanol–water partition coefficient (Wildman–Crippen LogP) is 3.38. The molecule has 0 aliphatic carbocycles. The largest absolute Gasteiger partial charge is 0.327 e. The molecule has 1 spiro atoms. The summed E-state index contributed by atoms with van der Waals surface area (Å²) in [6, 6.07) is 3.59. The summed E-state index contributed by atoms with van der Waals surface area (Å²) in [4.78, 5) is 41.1. The van der Waals surface area contributed by atoms with Crippen LogP contribution in [0.4, 0.5) is 4.79 Å². The average molecular weight is 428 g/mol. The van der Waals surface area contributed by atoms with Crippen molar-refractivity contribution in [2.45, 2.75) is 51.7 Å². The lowest BCUT2D eigenvalue weighted by molar-refractivity contribution is -0.136. The maximum atomic E-state index is 13.6. The van der Waals surface area contributed by atoms with Crippen molar-refractivity contribution in [1.82, 2.24) is 24.7 Å². The summed E-state index contributed by atoms with van der Waals surface area (Å²) in [6.07, 6.45) is 7.49. The molecule has 2 fully saturated rings. The van der Waals surface area contributed by atoms with Gasteiger partial charge in [0, 0.05) is 43.6 Å². The van der Waals surface area contributed by atoms with Crippen LogP contribution in [0.2, 0.25) is 0 Å². The zero-order valence-corrected chi connectivity index (χ0v) is 18.5. The number of nitrogens with zero attached hydrogens (tertiary/aromatic N) is 5. The number of carbonyl (C=O) groups excluding carboxylic acids is 2. The first-order valence-corrected chi connectivity index (χ1v) is 11.5. The third kappa shape index (κ3) is 4.11. The van der Waals surface area contributed by atoms with Crippen molar-refractivity contribution < 1.29 is 9.59 Å². The summed E-state index contributed by atoms with van der Waals surface area (Å²) in [7, 11) is 0. The van der Waals surface area contributed by atoms with Gasteiger partial charge >= 0.3 is 6.03 Å². The van der Waals surface area contributed by atoms with Gasteiger partial charge in [0.25, 0.3) is 5.91 Å². The molecule has 30 heavy (non-hydrogen) atoms. The van der Waals surface area contributed by atoms with E-state index in [0.717, 1.165) is 36.6 Å². The van der Waals surface area contributed by atoms with E-state index in [-0.39, 0.29) is 18.5 Å². The Kier molecular flexibility index (Phi) is 6.15. The summed E-state index contributed by atoms with van der Waals surface area (Å²) in [5.41, 5.74) is 0.161. The topological polar surface area (TPSA) is 69.6 Å². The number of amides is 3. The van der Waals surface area contributed by atoms with Crippen LogP contribution >= 0.6 is 11.3 Å². The lowest BCUT2D eigenvalue weighted by atomic mass is 9.85. The van der Waals surface area contributed by atoms with Crippen LogP contribution in [0.5, 0.6) is 0 Å². The number of hydrogen-bond acceptors (Lipinski definition) is 6. The fraction of sp³-hybridized carbons (Fsp3) is 0.545. The Balaban J connectivity index is 1.52. The van der Waals surface area contributed by atoms with Crippen LogP contribution in [0.1, 0.15) is 43.7 Å². The lowest BCUT2D eigenvalue weighted by Crippen LogP contribution is -2.56. The van der Waals surface area contributed by atoms with Crippen LogP contribution in [-0.2, 0) is 17.9 Å². The molecule has 3 amide bonds. The van der Waals surface area contributed by atoms with E-state index in [1.54, 1.807) is 23.7 Å². The highest BCUT2D eigenvalue weighted by Crippen LogP contribution is 2.38. The Morgan fingerprint density at radius 3 is 2.60 bits per heavy atom. The number of urea groups is 1. The number of hydrogen-bond donors (Lipinski definition) is 0. The highest BCUT2D eigenvalue weighted by Gasteiger charge is 2.57. The fourth-order valence-corrected chi connectivity index (χ4v) is 5.04. The molecule has 2 saturated heterocycles. The van der Waals surface area contributed by atoms with Gasteiger partial charge in [-0.2, -0.15) is 0 Å². The van der Waals surface area contributed by atoms with E-state index in [1.165, 1.54) is 4.90 Å². The normalized spacial score (nSPS) is 19.4. The first kappa shape index (κ1) is 20.9. The molecule has 0 unspecified atom stereocenters. The van der Waals surface area contributed by atoms with Crippen molar-refractivity contribution in [3.05, 3.63) is 46.7 Å². The summed E-state index contributed by atoms with van der Waals surface area (Å²) >= 11 is 1.66. The third-order valence-corrected chi connectivity index (χ3v) is 6.91. The van der Waals surface area contributed by atoms with Crippen molar-refractivity contribution in [2.24, 2.45) is 5.92 Å². The van der Waals surface area contributed by atoms with E-state index < -0.39 is 5.54 Å². The molecule has 7 nitrogen and oxygen atoms in total. The second-order valence-electron chi connectivity index (χ2n) is 8.60. The maximum Gasteiger partial charge on any atom is 0.327 e. The molecule has 0 N–H and O–H groups in total. The molecule has 0 atom stereocenters. The molecule has 4 heterocycles. The molecular weight excluding hydrogens is 398 g/mol. The third-order valence-electron chi connectivity index (χ3n) is 6.14. The van der Waals surface area contributed by atoms with E-state index >= 15 is 0 Å². The van der Waals surface area contributed by atoms with E-state index in [0.29, 0.717) is 25.3 Å². The second kappa shape index (κ2) is 8.81. The molecule has 2 aromatic rings. The number of imide groups is 1. The Morgan fingerprint density at radius 2 is 1.97 bits per heavy atom. The van der Waals surface area contributed by atoms with Gasteiger partial charge in [-0.15, -0.1) is 11.3 Å². The minimum atomic E-state index is -0.715. The van der Waals surface area contributed by atoms with Gasteiger partial charge in [0.1, 0.15) is 10.5 Å². The lowest BCUT2D eigenvalue weighted by Gasteiger charge is -2.42. The van der Waals surface area contributed by atoms with Crippen LogP contribution in [0, 0.1) is 5.92 Å². The van der Waals surface area contributed by atoms with Gasteiger partial charge in [-0.05, 0) is 36.8 Å². The number of aromatic nitrogens is 2. The van der Waals surface area contributed by atoms with Crippen LogP contribution in [0.15, 0.2) is 36.1 Å². The standard InChI is InChI=1S/C22H29N5O2S/c1-17(2)5-10-27-21(29)26(15-18-4-3-8-23-14-18)20(28)22(27)6-11-25(12-7-22)16-19-24-9-13-30-19/h3-4,8-9,13-14,17H,5-7,10-12,15-16H2,1-2H3. The smallest absolute Gasteiger partial charge is 0.309 e. The van der Waals surface area contributed by atoms with Crippen molar-refractivity contribution in [2.75, 3.05) is 19.6 Å². The highest BCUT2D eigenvalue weighted by molar-refractivity contribution is 7.09. The van der Waals surface area contributed by atoms with E-state index in [2.05, 4.69) is 28.7 Å². The molecule has 0 bridgehead atoms. The van der Waals surface area contributed by atoms with Gasteiger partial charge in [-0.3, -0.25) is 19.6 Å². The van der Waals surface area contributed by atoms with Crippen LogP contribution in [-0.4, -0.2) is 61.8 Å². The van der Waals surface area contributed by atoms with Gasteiger partial charge in [-0.1, -0.05) is 19.9 Å². The predicted molar refractivity (Wildman–Crippen MR) is 116 cm³/mol. The average Bonchev–Trinajstić information content (AvgIpc) is 3.31. The van der Waals surface area contributed by atoms with Gasteiger partial charge in [-0.25, -0.2) is 9.78 Å². The van der Waals surface area contributed by atoms with Gasteiger partial charge < -0.3 is 4.90 Å². The molecule has 8 heteroatoms. The van der Waals surface area contributed by atoms with Crippen LogP contribution in [0.3, 0.4) is 0 Å². The fourth-order valence-electron chi connectivity index (χ4n) is 4.38.